The maximum absolute atomic E-state index is 11.6. The molecule has 3 atom stereocenters. The van der Waals surface area contributed by atoms with Gasteiger partial charge in [-0.2, -0.15) is 0 Å². The highest BCUT2D eigenvalue weighted by molar-refractivity contribution is 5.87. The fourth-order valence-corrected chi connectivity index (χ4v) is 4.05. The Morgan fingerprint density at radius 3 is 2.00 bits per heavy atom. The molecule has 0 heterocycles. The molecule has 2 saturated carbocycles. The van der Waals surface area contributed by atoms with E-state index < -0.39 is 0 Å². The first kappa shape index (κ1) is 23.5. The molecule has 0 aromatic carbocycles. The highest BCUT2D eigenvalue weighted by Gasteiger charge is 2.62. The van der Waals surface area contributed by atoms with E-state index in [4.69, 9.17) is 9.47 Å². The van der Waals surface area contributed by atoms with Gasteiger partial charge in [-0.1, -0.05) is 47.8 Å². The van der Waals surface area contributed by atoms with Gasteiger partial charge in [-0.3, -0.25) is 0 Å². The Hall–Kier alpha value is -1.58. The lowest BCUT2D eigenvalue weighted by atomic mass is 9.70. The van der Waals surface area contributed by atoms with Gasteiger partial charge in [0, 0.05) is 16.6 Å². The molecule has 0 aromatic rings. The summed E-state index contributed by atoms with van der Waals surface area (Å²) in [5.41, 5.74) is 1.42. The van der Waals surface area contributed by atoms with Crippen molar-refractivity contribution in [2.45, 2.75) is 80.3 Å². The number of esters is 2. The van der Waals surface area contributed by atoms with Crippen molar-refractivity contribution in [2.75, 3.05) is 6.61 Å². The molecule has 1 unspecified atom stereocenters. The molecule has 2 fully saturated rings. The lowest BCUT2D eigenvalue weighted by molar-refractivity contribution is -0.152. The van der Waals surface area contributed by atoms with E-state index in [0.717, 1.165) is 12.8 Å². The molecule has 0 radical (unpaired) electrons. The summed E-state index contributed by atoms with van der Waals surface area (Å²) in [5, 5.41) is 0. The topological polar surface area (TPSA) is 52.6 Å². The number of rotatable bonds is 6. The summed E-state index contributed by atoms with van der Waals surface area (Å²) in [6, 6.07) is 0. The minimum Gasteiger partial charge on any atom is -0.462 e. The summed E-state index contributed by atoms with van der Waals surface area (Å²) in [6.45, 7) is 22.1. The van der Waals surface area contributed by atoms with Crippen LogP contribution in [-0.2, 0) is 19.1 Å². The predicted octanol–water partition coefficient (Wildman–Crippen LogP) is 5.47. The summed E-state index contributed by atoms with van der Waals surface area (Å²) >= 11 is 0. The highest BCUT2D eigenvalue weighted by atomic mass is 16.5. The van der Waals surface area contributed by atoms with Crippen LogP contribution in [0.5, 0.6) is 0 Å². The lowest BCUT2D eigenvalue weighted by Crippen LogP contribution is -2.38. The molecule has 4 nitrogen and oxygen atoms in total. The smallest absolute Gasteiger partial charge is 0.333 e. The summed E-state index contributed by atoms with van der Waals surface area (Å²) in [7, 11) is 0. The first-order valence-electron chi connectivity index (χ1n) is 10.0. The molecule has 0 spiro atoms. The minimum absolute atomic E-state index is 0.0884. The molecule has 2 bridgehead atoms. The van der Waals surface area contributed by atoms with Gasteiger partial charge in [0.25, 0.3) is 0 Å². The second kappa shape index (κ2) is 9.07. The molecule has 2 aliphatic rings. The Bertz CT molecular complexity index is 587. The average Bonchev–Trinajstić information content (AvgIpc) is 2.88. The summed E-state index contributed by atoms with van der Waals surface area (Å²) in [5.74, 6) is 0.772. The third-order valence-corrected chi connectivity index (χ3v) is 6.59. The molecule has 2 aliphatic carbocycles. The third kappa shape index (κ3) is 5.46. The van der Waals surface area contributed by atoms with Crippen molar-refractivity contribution in [3.05, 3.63) is 24.3 Å². The molecule has 27 heavy (non-hydrogen) atoms. The molecular weight excluding hydrogens is 340 g/mol. The first-order chi connectivity index (χ1) is 12.3. The van der Waals surface area contributed by atoms with E-state index in [9.17, 15) is 9.59 Å². The van der Waals surface area contributed by atoms with E-state index in [1.54, 1.807) is 13.8 Å². The van der Waals surface area contributed by atoms with Crippen LogP contribution in [0.1, 0.15) is 74.1 Å². The Labute approximate surface area is 165 Å². The van der Waals surface area contributed by atoms with Crippen LogP contribution in [0.3, 0.4) is 0 Å². The van der Waals surface area contributed by atoms with Crippen molar-refractivity contribution >= 4 is 11.9 Å². The van der Waals surface area contributed by atoms with Crippen LogP contribution in [0.15, 0.2) is 24.3 Å². The monoisotopic (exact) mass is 378 g/mol. The average molecular weight is 379 g/mol. The van der Waals surface area contributed by atoms with E-state index >= 15 is 0 Å². The largest absolute Gasteiger partial charge is 0.462 e. The van der Waals surface area contributed by atoms with Crippen molar-refractivity contribution in [3.8, 4) is 0 Å². The van der Waals surface area contributed by atoms with Gasteiger partial charge in [-0.15, -0.1) is 0 Å². The summed E-state index contributed by atoms with van der Waals surface area (Å²) in [6.07, 6.45) is 4.50. The molecule has 0 aromatic heterocycles. The van der Waals surface area contributed by atoms with Gasteiger partial charge in [0.1, 0.15) is 6.10 Å². The van der Waals surface area contributed by atoms with Crippen LogP contribution in [0.2, 0.25) is 0 Å². The molecule has 0 N–H and O–H groups in total. The number of hydrogen-bond donors (Lipinski definition) is 0. The van der Waals surface area contributed by atoms with Crippen molar-refractivity contribution in [3.63, 3.8) is 0 Å². The zero-order valence-corrected chi connectivity index (χ0v) is 18.3. The molecule has 2 rings (SSSR count). The Morgan fingerprint density at radius 2 is 1.63 bits per heavy atom. The lowest BCUT2D eigenvalue weighted by Gasteiger charge is -2.38. The fourth-order valence-electron chi connectivity index (χ4n) is 4.05. The number of ether oxygens (including phenoxy) is 2. The Kier molecular flexibility index (Phi) is 7.88. The predicted molar refractivity (Wildman–Crippen MR) is 109 cm³/mol. The summed E-state index contributed by atoms with van der Waals surface area (Å²) in [4.78, 5) is 22.4. The van der Waals surface area contributed by atoms with Crippen molar-refractivity contribution in [1.29, 1.82) is 0 Å². The SMILES string of the molecule is C=C(C)C(=O)OC1C[C@H]2CC[C@@]1(C)C2(C)C.C=C(C)C(=O)OCCC(C)C. The molecule has 0 aliphatic heterocycles. The van der Waals surface area contributed by atoms with E-state index in [1.165, 1.54) is 12.8 Å². The normalized spacial score (nSPS) is 27.6. The summed E-state index contributed by atoms with van der Waals surface area (Å²) < 4.78 is 10.5. The van der Waals surface area contributed by atoms with E-state index in [2.05, 4.69) is 47.8 Å². The second-order valence-corrected chi connectivity index (χ2v) is 9.38. The number of carbonyl (C=O) groups is 2. The second-order valence-electron chi connectivity index (χ2n) is 9.38. The van der Waals surface area contributed by atoms with Crippen LogP contribution >= 0.6 is 0 Å². The van der Waals surface area contributed by atoms with Gasteiger partial charge in [-0.25, -0.2) is 9.59 Å². The van der Waals surface area contributed by atoms with Gasteiger partial charge in [-0.05, 0) is 56.8 Å². The minimum atomic E-state index is -0.286. The maximum Gasteiger partial charge on any atom is 0.333 e. The highest BCUT2D eigenvalue weighted by Crippen LogP contribution is 2.66. The van der Waals surface area contributed by atoms with E-state index in [-0.39, 0.29) is 23.5 Å². The molecule has 154 valence electrons. The standard InChI is InChI=1S/C14H22O2.C9H16O2/c1-9(2)12(15)16-11-8-10-6-7-14(11,5)13(10,3)4;1-7(2)5-6-11-9(10)8(3)4/h10-11H,1,6-8H2,2-5H3;7H,3,5-6H2,1-2,4H3/t10-,11?,14-;/m1./s1. The number of hydrogen-bond acceptors (Lipinski definition) is 4. The zero-order chi connectivity index (χ0) is 21.0. The van der Waals surface area contributed by atoms with Crippen LogP contribution in [0, 0.1) is 22.7 Å². The molecule has 0 saturated heterocycles. The van der Waals surface area contributed by atoms with Crippen molar-refractivity contribution in [1.82, 2.24) is 0 Å². The first-order valence-corrected chi connectivity index (χ1v) is 10.0. The van der Waals surface area contributed by atoms with Gasteiger partial charge in [0.2, 0.25) is 0 Å². The third-order valence-electron chi connectivity index (χ3n) is 6.59. The van der Waals surface area contributed by atoms with Crippen LogP contribution in [-0.4, -0.2) is 24.6 Å². The number of fused-ring (bicyclic) bond motifs is 2. The van der Waals surface area contributed by atoms with Crippen molar-refractivity contribution in [2.24, 2.45) is 22.7 Å². The Morgan fingerprint density at radius 1 is 1.07 bits per heavy atom. The zero-order valence-electron chi connectivity index (χ0n) is 18.3. The van der Waals surface area contributed by atoms with Gasteiger partial charge in [0.05, 0.1) is 6.61 Å². The fraction of sp³-hybridized carbons (Fsp3) is 0.739. The van der Waals surface area contributed by atoms with Gasteiger partial charge >= 0.3 is 11.9 Å². The molecule has 0 amide bonds. The van der Waals surface area contributed by atoms with Crippen molar-refractivity contribution < 1.29 is 19.1 Å². The Balaban J connectivity index is 0.000000293. The number of carbonyl (C=O) groups excluding carboxylic acids is 2. The quantitative estimate of drug-likeness (QED) is 0.454. The van der Waals surface area contributed by atoms with Gasteiger partial charge in [0.15, 0.2) is 0 Å². The van der Waals surface area contributed by atoms with Crippen LogP contribution in [0.25, 0.3) is 0 Å². The van der Waals surface area contributed by atoms with E-state index in [0.29, 0.717) is 35.0 Å². The molecule has 4 heteroatoms. The van der Waals surface area contributed by atoms with Crippen LogP contribution in [0.4, 0.5) is 0 Å². The van der Waals surface area contributed by atoms with E-state index in [1.807, 2.05) is 0 Å². The maximum atomic E-state index is 11.6. The van der Waals surface area contributed by atoms with Gasteiger partial charge < -0.3 is 9.47 Å². The van der Waals surface area contributed by atoms with Crippen LogP contribution < -0.4 is 0 Å². The molecular formula is C23H38O4.